The molecule has 8 atom stereocenters. The summed E-state index contributed by atoms with van der Waals surface area (Å²) in [6.45, 7) is 4.71. The van der Waals surface area contributed by atoms with Crippen molar-refractivity contribution >= 4 is 0 Å². The lowest BCUT2D eigenvalue weighted by Gasteiger charge is -2.57. The molecule has 4 aliphatic carbocycles. The van der Waals surface area contributed by atoms with E-state index in [1.54, 1.807) is 6.42 Å². The molecule has 4 aliphatic rings. The molecule has 0 bridgehead atoms. The van der Waals surface area contributed by atoms with E-state index in [0.717, 1.165) is 41.4 Å². The van der Waals surface area contributed by atoms with E-state index < -0.39 is 0 Å². The summed E-state index contributed by atoms with van der Waals surface area (Å²) in [4.78, 5) is 0. The zero-order valence-electron chi connectivity index (χ0n) is 17.4. The summed E-state index contributed by atoms with van der Waals surface area (Å²) in [6, 6.07) is 2.82. The molecule has 0 aliphatic heterocycles. The van der Waals surface area contributed by atoms with Crippen LogP contribution in [0, 0.1) is 58.2 Å². The Morgan fingerprint density at radius 1 is 0.846 bits per heavy atom. The predicted molar refractivity (Wildman–Crippen MR) is 108 cm³/mol. The maximum Gasteiger partial charge on any atom is 0.0689 e. The van der Waals surface area contributed by atoms with Gasteiger partial charge in [-0.05, 0) is 99.2 Å². The summed E-state index contributed by atoms with van der Waals surface area (Å²) in [6.07, 6.45) is 19.5. The summed E-state index contributed by atoms with van der Waals surface area (Å²) < 4.78 is 0. The molecule has 0 N–H and O–H groups in total. The van der Waals surface area contributed by atoms with E-state index in [2.05, 4.69) is 19.9 Å². The first-order valence-electron chi connectivity index (χ1n) is 12.1. The second kappa shape index (κ2) is 7.85. The molecular weight excluding hydrogens is 314 g/mol. The quantitative estimate of drug-likeness (QED) is 0.516. The van der Waals surface area contributed by atoms with Crippen LogP contribution in [0.4, 0.5) is 0 Å². The Hall–Kier alpha value is -0.510. The Morgan fingerprint density at radius 3 is 2.35 bits per heavy atom. The van der Waals surface area contributed by atoms with Crippen LogP contribution in [0.1, 0.15) is 104 Å². The monoisotopic (exact) mass is 355 g/mol. The Labute approximate surface area is 162 Å². The van der Waals surface area contributed by atoms with Crippen LogP contribution >= 0.6 is 0 Å². The molecule has 0 amide bonds. The molecule has 4 fully saturated rings. The minimum atomic E-state index is 0.0410. The van der Waals surface area contributed by atoms with E-state index in [9.17, 15) is 5.26 Å². The van der Waals surface area contributed by atoms with Gasteiger partial charge in [0.1, 0.15) is 0 Å². The van der Waals surface area contributed by atoms with Crippen molar-refractivity contribution in [2.45, 2.75) is 104 Å². The first-order valence-corrected chi connectivity index (χ1v) is 12.1. The third-order valence-corrected chi connectivity index (χ3v) is 9.61. The highest BCUT2D eigenvalue weighted by Gasteiger charge is 2.52. The normalized spacial score (nSPS) is 48.0. The summed E-state index contributed by atoms with van der Waals surface area (Å²) in [7, 11) is 0. The Morgan fingerprint density at radius 2 is 1.58 bits per heavy atom. The van der Waals surface area contributed by atoms with Crippen molar-refractivity contribution in [3.63, 3.8) is 0 Å². The molecule has 0 saturated heterocycles. The maximum absolute atomic E-state index is 9.95. The summed E-state index contributed by atoms with van der Waals surface area (Å²) >= 11 is 0. The number of fused-ring (bicyclic) bond motifs is 5. The summed E-state index contributed by atoms with van der Waals surface area (Å²) in [5.74, 6) is 7.10. The number of rotatable bonds is 4. The highest BCUT2D eigenvalue weighted by Crippen LogP contribution is 2.60. The number of hydrogen-bond donors (Lipinski definition) is 0. The zero-order valence-corrected chi connectivity index (χ0v) is 17.4. The van der Waals surface area contributed by atoms with Crippen LogP contribution in [-0.4, -0.2) is 0 Å². The molecule has 0 aromatic rings. The van der Waals surface area contributed by atoms with Gasteiger partial charge in [-0.3, -0.25) is 0 Å². The van der Waals surface area contributed by atoms with E-state index in [4.69, 9.17) is 0 Å². The van der Waals surface area contributed by atoms with Crippen molar-refractivity contribution in [1.82, 2.24) is 0 Å². The molecule has 0 radical (unpaired) electrons. The fourth-order valence-corrected chi connectivity index (χ4v) is 8.38. The van der Waals surface area contributed by atoms with Gasteiger partial charge >= 0.3 is 0 Å². The van der Waals surface area contributed by atoms with Gasteiger partial charge in [0.05, 0.1) is 11.5 Å². The van der Waals surface area contributed by atoms with Crippen LogP contribution in [0.25, 0.3) is 0 Å². The van der Waals surface area contributed by atoms with Crippen molar-refractivity contribution in [1.29, 1.82) is 5.26 Å². The van der Waals surface area contributed by atoms with Crippen LogP contribution in [0.2, 0.25) is 0 Å². The average Bonchev–Trinajstić information content (AvgIpc) is 2.70. The van der Waals surface area contributed by atoms with Gasteiger partial charge in [-0.2, -0.15) is 5.26 Å². The van der Waals surface area contributed by atoms with Gasteiger partial charge in [-0.1, -0.05) is 46.0 Å². The minimum Gasteiger partial charge on any atom is -0.198 e. The Balaban J connectivity index is 1.46. The lowest BCUT2D eigenvalue weighted by atomic mass is 9.48. The van der Waals surface area contributed by atoms with Crippen LogP contribution in [0.3, 0.4) is 0 Å². The van der Waals surface area contributed by atoms with Gasteiger partial charge in [-0.25, -0.2) is 0 Å². The van der Waals surface area contributed by atoms with Crippen LogP contribution in [0.5, 0.6) is 0 Å². The molecule has 0 heterocycles. The molecule has 4 saturated carbocycles. The lowest BCUT2D eigenvalue weighted by Crippen LogP contribution is -2.49. The van der Waals surface area contributed by atoms with Crippen LogP contribution in [-0.2, 0) is 0 Å². The van der Waals surface area contributed by atoms with Crippen LogP contribution in [0.15, 0.2) is 0 Å². The number of hydrogen-bond acceptors (Lipinski definition) is 1. The van der Waals surface area contributed by atoms with Gasteiger partial charge < -0.3 is 0 Å². The van der Waals surface area contributed by atoms with Crippen molar-refractivity contribution in [2.24, 2.45) is 46.8 Å². The SMILES string of the molecule is CCCC[C@]1(C#N)CCC2C(CCC3C2CCC2C3CCC[C@@H]2CC)C1. The van der Waals surface area contributed by atoms with Crippen molar-refractivity contribution in [2.75, 3.05) is 0 Å². The first-order chi connectivity index (χ1) is 12.7. The van der Waals surface area contributed by atoms with E-state index in [0.29, 0.717) is 0 Å². The van der Waals surface area contributed by atoms with Gasteiger partial charge in [0.25, 0.3) is 0 Å². The second-order valence-electron chi connectivity index (χ2n) is 10.6. The van der Waals surface area contributed by atoms with Crippen LogP contribution < -0.4 is 0 Å². The van der Waals surface area contributed by atoms with Gasteiger partial charge in [0.2, 0.25) is 0 Å². The maximum atomic E-state index is 9.95. The summed E-state index contributed by atoms with van der Waals surface area (Å²) in [5, 5.41) is 9.95. The zero-order chi connectivity index (χ0) is 18.1. The molecule has 0 spiro atoms. The van der Waals surface area contributed by atoms with Crippen molar-refractivity contribution in [3.8, 4) is 6.07 Å². The van der Waals surface area contributed by atoms with E-state index >= 15 is 0 Å². The van der Waals surface area contributed by atoms with Gasteiger partial charge in [0, 0.05) is 0 Å². The topological polar surface area (TPSA) is 23.8 Å². The smallest absolute Gasteiger partial charge is 0.0689 e. The molecule has 146 valence electrons. The molecule has 0 aromatic heterocycles. The predicted octanol–water partition coefficient (Wildman–Crippen LogP) is 7.37. The molecule has 4 rings (SSSR count). The third kappa shape index (κ3) is 3.25. The minimum absolute atomic E-state index is 0.0410. The standard InChI is InChI=1S/C25H41N/c1-3-5-14-25(17-26)15-13-21-19(16-25)9-10-24-22-8-6-7-18(4-2)20(22)11-12-23(21)24/h18-24H,3-16H2,1-2H3/t18-,19?,20?,21?,22?,23?,24?,25-/m0/s1. The fraction of sp³-hybridized carbons (Fsp3) is 0.960. The van der Waals surface area contributed by atoms with Gasteiger partial charge in [0.15, 0.2) is 0 Å². The molecular formula is C25H41N. The van der Waals surface area contributed by atoms with Gasteiger partial charge in [-0.15, -0.1) is 0 Å². The first kappa shape index (κ1) is 18.8. The van der Waals surface area contributed by atoms with E-state index in [-0.39, 0.29) is 5.41 Å². The van der Waals surface area contributed by atoms with E-state index in [1.165, 1.54) is 83.5 Å². The summed E-state index contributed by atoms with van der Waals surface area (Å²) in [5.41, 5.74) is 0.0410. The third-order valence-electron chi connectivity index (χ3n) is 9.61. The Kier molecular flexibility index (Phi) is 5.69. The van der Waals surface area contributed by atoms with Crippen molar-refractivity contribution < 1.29 is 0 Å². The number of unbranched alkanes of at least 4 members (excludes halogenated alkanes) is 1. The number of nitriles is 1. The lowest BCUT2D eigenvalue weighted by molar-refractivity contribution is -0.0711. The molecule has 0 aromatic carbocycles. The highest BCUT2D eigenvalue weighted by atomic mass is 14.6. The fourth-order valence-electron chi connectivity index (χ4n) is 8.38. The molecule has 1 heteroatoms. The van der Waals surface area contributed by atoms with Crippen molar-refractivity contribution in [3.05, 3.63) is 0 Å². The van der Waals surface area contributed by atoms with E-state index in [1.807, 2.05) is 0 Å². The second-order valence-corrected chi connectivity index (χ2v) is 10.6. The molecule has 26 heavy (non-hydrogen) atoms. The number of nitrogens with zero attached hydrogens (tertiary/aromatic N) is 1. The Bertz CT molecular complexity index is 519. The molecule has 1 nitrogen and oxygen atoms in total. The molecule has 6 unspecified atom stereocenters. The average molecular weight is 356 g/mol. The largest absolute Gasteiger partial charge is 0.198 e. The highest BCUT2D eigenvalue weighted by molar-refractivity contribution is 5.07.